The molecular formula is C25H21N5O3S. The molecule has 3 aromatic carbocycles. The third kappa shape index (κ3) is 5.57. The Hall–Kier alpha value is -4.24. The third-order valence-electron chi connectivity index (χ3n) is 4.85. The summed E-state index contributed by atoms with van der Waals surface area (Å²) in [7, 11) is 0. The summed E-state index contributed by atoms with van der Waals surface area (Å²) < 4.78 is 1.93. The number of carboxylic acids is 1. The highest BCUT2D eigenvalue weighted by molar-refractivity contribution is 7.99. The zero-order valence-electron chi connectivity index (χ0n) is 18.3. The molecule has 1 heterocycles. The lowest BCUT2D eigenvalue weighted by atomic mass is 10.1. The SMILES string of the molecule is Cc1ccc(-c2nnc(SCC(=O)N/N=C\c3ccc(C(=O)O)cc3)n2-c2ccccc2)cc1. The van der Waals surface area contributed by atoms with Crippen molar-refractivity contribution in [3.63, 3.8) is 0 Å². The van der Waals surface area contributed by atoms with Crippen molar-refractivity contribution < 1.29 is 14.7 Å². The van der Waals surface area contributed by atoms with E-state index in [1.54, 1.807) is 12.1 Å². The van der Waals surface area contributed by atoms with Gasteiger partial charge in [-0.25, -0.2) is 10.2 Å². The van der Waals surface area contributed by atoms with Crippen LogP contribution in [0.15, 0.2) is 89.1 Å². The molecule has 0 saturated heterocycles. The van der Waals surface area contributed by atoms with E-state index in [2.05, 4.69) is 20.7 Å². The Labute approximate surface area is 200 Å². The number of amides is 1. The number of hydrogen-bond acceptors (Lipinski definition) is 6. The number of carbonyl (C=O) groups excluding carboxylic acids is 1. The Morgan fingerprint density at radius 2 is 1.71 bits per heavy atom. The van der Waals surface area contributed by atoms with Gasteiger partial charge in [0.25, 0.3) is 5.91 Å². The fourth-order valence-corrected chi connectivity index (χ4v) is 3.86. The maximum Gasteiger partial charge on any atom is 0.335 e. The van der Waals surface area contributed by atoms with E-state index in [0.29, 0.717) is 16.5 Å². The normalized spacial score (nSPS) is 11.0. The van der Waals surface area contributed by atoms with Gasteiger partial charge >= 0.3 is 5.97 Å². The van der Waals surface area contributed by atoms with E-state index in [9.17, 15) is 9.59 Å². The number of nitrogens with zero attached hydrogens (tertiary/aromatic N) is 4. The smallest absolute Gasteiger partial charge is 0.335 e. The zero-order chi connectivity index (χ0) is 23.9. The minimum Gasteiger partial charge on any atom is -0.478 e. The van der Waals surface area contributed by atoms with Crippen molar-refractivity contribution >= 4 is 29.9 Å². The van der Waals surface area contributed by atoms with E-state index in [-0.39, 0.29) is 17.2 Å². The molecule has 1 amide bonds. The molecule has 0 unspecified atom stereocenters. The van der Waals surface area contributed by atoms with Crippen molar-refractivity contribution in [2.24, 2.45) is 5.10 Å². The van der Waals surface area contributed by atoms with Crippen LogP contribution in [0.4, 0.5) is 0 Å². The molecule has 0 aliphatic carbocycles. The molecule has 4 aromatic rings. The summed E-state index contributed by atoms with van der Waals surface area (Å²) in [6.45, 7) is 2.03. The van der Waals surface area contributed by atoms with Crippen molar-refractivity contribution in [3.05, 3.63) is 95.6 Å². The number of aromatic carboxylic acids is 1. The summed E-state index contributed by atoms with van der Waals surface area (Å²) in [6, 6.07) is 24.0. The van der Waals surface area contributed by atoms with Gasteiger partial charge in [0.05, 0.1) is 17.5 Å². The van der Waals surface area contributed by atoms with Crippen LogP contribution >= 0.6 is 11.8 Å². The summed E-state index contributed by atoms with van der Waals surface area (Å²) in [5.74, 6) is -0.517. The summed E-state index contributed by atoms with van der Waals surface area (Å²) in [6.07, 6.45) is 1.45. The maximum absolute atomic E-state index is 12.3. The molecule has 34 heavy (non-hydrogen) atoms. The number of hydrazone groups is 1. The summed E-state index contributed by atoms with van der Waals surface area (Å²) in [5.41, 5.74) is 6.31. The molecule has 4 rings (SSSR count). The number of carbonyl (C=O) groups is 2. The fourth-order valence-electron chi connectivity index (χ4n) is 3.12. The van der Waals surface area contributed by atoms with E-state index in [1.807, 2.05) is 66.1 Å². The van der Waals surface area contributed by atoms with Crippen molar-refractivity contribution in [1.29, 1.82) is 0 Å². The van der Waals surface area contributed by atoms with Crippen LogP contribution in [0.5, 0.6) is 0 Å². The predicted molar refractivity (Wildman–Crippen MR) is 131 cm³/mol. The second kappa shape index (κ2) is 10.6. The number of thioether (sulfide) groups is 1. The van der Waals surface area contributed by atoms with Gasteiger partial charge in [0.2, 0.25) is 0 Å². The van der Waals surface area contributed by atoms with Crippen LogP contribution in [0.3, 0.4) is 0 Å². The van der Waals surface area contributed by atoms with Crippen LogP contribution in [0.2, 0.25) is 0 Å². The molecule has 1 aromatic heterocycles. The van der Waals surface area contributed by atoms with Crippen molar-refractivity contribution in [2.45, 2.75) is 12.1 Å². The molecule has 0 fully saturated rings. The second-order valence-corrected chi connectivity index (χ2v) is 8.29. The fraction of sp³-hybridized carbons (Fsp3) is 0.0800. The highest BCUT2D eigenvalue weighted by atomic mass is 32.2. The van der Waals surface area contributed by atoms with Gasteiger partial charge in [-0.3, -0.25) is 9.36 Å². The van der Waals surface area contributed by atoms with Crippen molar-refractivity contribution in [3.8, 4) is 17.1 Å². The van der Waals surface area contributed by atoms with Crippen LogP contribution in [0.1, 0.15) is 21.5 Å². The third-order valence-corrected chi connectivity index (χ3v) is 5.78. The molecule has 8 nitrogen and oxygen atoms in total. The van der Waals surface area contributed by atoms with Crippen LogP contribution in [-0.2, 0) is 4.79 Å². The lowest BCUT2D eigenvalue weighted by Crippen LogP contribution is -2.20. The average Bonchev–Trinajstić information content (AvgIpc) is 3.28. The van der Waals surface area contributed by atoms with Crippen LogP contribution < -0.4 is 5.43 Å². The monoisotopic (exact) mass is 471 g/mol. The Morgan fingerprint density at radius 1 is 1.00 bits per heavy atom. The Morgan fingerprint density at radius 3 is 2.38 bits per heavy atom. The Balaban J connectivity index is 1.45. The number of hydrogen-bond donors (Lipinski definition) is 2. The highest BCUT2D eigenvalue weighted by Gasteiger charge is 2.17. The van der Waals surface area contributed by atoms with Crippen molar-refractivity contribution in [2.75, 3.05) is 5.75 Å². The van der Waals surface area contributed by atoms with Gasteiger partial charge in [-0.2, -0.15) is 5.10 Å². The summed E-state index contributed by atoms with van der Waals surface area (Å²) in [5, 5.41) is 22.2. The molecule has 170 valence electrons. The number of benzene rings is 3. The van der Waals surface area contributed by atoms with E-state index in [0.717, 1.165) is 16.8 Å². The topological polar surface area (TPSA) is 109 Å². The van der Waals surface area contributed by atoms with Gasteiger partial charge in [-0.15, -0.1) is 10.2 Å². The van der Waals surface area contributed by atoms with Gasteiger partial charge < -0.3 is 5.11 Å². The molecule has 0 saturated carbocycles. The minimum absolute atomic E-state index is 0.0914. The number of nitrogens with one attached hydrogen (secondary N) is 1. The van der Waals surface area contributed by atoms with Crippen molar-refractivity contribution in [1.82, 2.24) is 20.2 Å². The van der Waals surface area contributed by atoms with Gasteiger partial charge in [-0.05, 0) is 36.8 Å². The lowest BCUT2D eigenvalue weighted by molar-refractivity contribution is -0.118. The number of aromatic nitrogens is 3. The highest BCUT2D eigenvalue weighted by Crippen LogP contribution is 2.28. The summed E-state index contributed by atoms with van der Waals surface area (Å²) in [4.78, 5) is 23.2. The quantitative estimate of drug-likeness (QED) is 0.227. The Kier molecular flexibility index (Phi) is 7.14. The molecule has 0 atom stereocenters. The molecule has 0 radical (unpaired) electrons. The first-order chi connectivity index (χ1) is 16.5. The number of aryl methyl sites for hydroxylation is 1. The zero-order valence-corrected chi connectivity index (χ0v) is 19.1. The molecule has 2 N–H and O–H groups in total. The largest absolute Gasteiger partial charge is 0.478 e. The first-order valence-corrected chi connectivity index (χ1v) is 11.4. The Bertz CT molecular complexity index is 1320. The molecule has 0 spiro atoms. The maximum atomic E-state index is 12.3. The standard InChI is InChI=1S/C25H21N5O3S/c1-17-7-11-19(12-8-17)23-28-29-25(30(23)21-5-3-2-4-6-21)34-16-22(31)27-26-15-18-9-13-20(14-10-18)24(32)33/h2-15H,16H2,1H3,(H,27,31)(H,32,33)/b26-15-. The van der Waals surface area contributed by atoms with Crippen LogP contribution in [0, 0.1) is 6.92 Å². The van der Waals surface area contributed by atoms with E-state index in [4.69, 9.17) is 5.11 Å². The van der Waals surface area contributed by atoms with Gasteiger partial charge in [0.1, 0.15) is 0 Å². The number of carboxylic acid groups (broad SMARTS) is 1. The predicted octanol–water partition coefficient (Wildman–Crippen LogP) is 4.18. The van der Waals surface area contributed by atoms with Gasteiger partial charge in [-0.1, -0.05) is 71.9 Å². The lowest BCUT2D eigenvalue weighted by Gasteiger charge is -2.10. The van der Waals surface area contributed by atoms with E-state index < -0.39 is 5.97 Å². The molecule has 0 aliphatic heterocycles. The number of rotatable bonds is 8. The van der Waals surface area contributed by atoms with E-state index >= 15 is 0 Å². The van der Waals surface area contributed by atoms with E-state index in [1.165, 1.54) is 30.1 Å². The minimum atomic E-state index is -0.997. The van der Waals surface area contributed by atoms with Crippen LogP contribution in [0.25, 0.3) is 17.1 Å². The summed E-state index contributed by atoms with van der Waals surface area (Å²) >= 11 is 1.26. The number of para-hydroxylation sites is 1. The first-order valence-electron chi connectivity index (χ1n) is 10.4. The molecular weight excluding hydrogens is 450 g/mol. The van der Waals surface area contributed by atoms with Crippen LogP contribution in [-0.4, -0.2) is 43.7 Å². The molecule has 0 aliphatic rings. The van der Waals surface area contributed by atoms with Gasteiger partial charge in [0, 0.05) is 11.3 Å². The average molecular weight is 472 g/mol. The molecule has 0 bridgehead atoms. The second-order valence-electron chi connectivity index (χ2n) is 7.35. The van der Waals surface area contributed by atoms with Gasteiger partial charge in [0.15, 0.2) is 11.0 Å². The first kappa shape index (κ1) is 22.9. The molecule has 9 heteroatoms.